The van der Waals surface area contributed by atoms with E-state index in [4.69, 9.17) is 21.4 Å². The molecule has 0 aliphatic carbocycles. The number of carbonyl (C=O) groups is 1. The Balaban J connectivity index is 1.61. The molecule has 1 unspecified atom stereocenters. The molecule has 0 bridgehead atoms. The van der Waals surface area contributed by atoms with Crippen LogP contribution in [0.3, 0.4) is 0 Å². The summed E-state index contributed by atoms with van der Waals surface area (Å²) in [7, 11) is 0. The molecule has 0 radical (unpaired) electrons. The van der Waals surface area contributed by atoms with Gasteiger partial charge in [-0.1, -0.05) is 42.5 Å². The first-order chi connectivity index (χ1) is 12.5. The summed E-state index contributed by atoms with van der Waals surface area (Å²) in [5.41, 5.74) is 2.81. The van der Waals surface area contributed by atoms with Crippen LogP contribution in [0.4, 0.5) is 0 Å². The number of benzene rings is 2. The average Bonchev–Trinajstić information content (AvgIpc) is 3.02. The number of hydrogen-bond acceptors (Lipinski definition) is 3. The molecule has 3 rings (SSSR count). The highest BCUT2D eigenvalue weighted by atomic mass is 35.5. The van der Waals surface area contributed by atoms with Gasteiger partial charge in [0.05, 0.1) is 11.9 Å². The van der Waals surface area contributed by atoms with E-state index < -0.39 is 5.97 Å². The molecule has 1 atom stereocenters. The van der Waals surface area contributed by atoms with Crippen molar-refractivity contribution < 1.29 is 14.6 Å². The highest BCUT2D eigenvalue weighted by Gasteiger charge is 2.15. The summed E-state index contributed by atoms with van der Waals surface area (Å²) in [4.78, 5) is 11.0. The van der Waals surface area contributed by atoms with Gasteiger partial charge in [-0.3, -0.25) is 4.68 Å². The van der Waals surface area contributed by atoms with E-state index in [0.29, 0.717) is 13.2 Å². The predicted molar refractivity (Wildman–Crippen MR) is 99.7 cm³/mol. The molecule has 6 heteroatoms. The van der Waals surface area contributed by atoms with E-state index in [9.17, 15) is 4.79 Å². The van der Waals surface area contributed by atoms with Gasteiger partial charge in [0.25, 0.3) is 0 Å². The number of nitrogens with zero attached hydrogens (tertiary/aromatic N) is 2. The number of carboxylic acid groups (broad SMARTS) is 1. The van der Waals surface area contributed by atoms with Crippen LogP contribution in [0.5, 0.6) is 5.75 Å². The van der Waals surface area contributed by atoms with Crippen LogP contribution in [0, 0.1) is 6.92 Å². The number of alkyl halides is 1. The molecule has 0 saturated carbocycles. The Morgan fingerprint density at radius 3 is 2.50 bits per heavy atom. The minimum atomic E-state index is -1.04. The van der Waals surface area contributed by atoms with Gasteiger partial charge in [-0.15, -0.1) is 11.6 Å². The monoisotopic (exact) mass is 370 g/mol. The molecule has 0 spiro atoms. The molecule has 0 fully saturated rings. The molecule has 3 aromatic rings. The van der Waals surface area contributed by atoms with Crippen LogP contribution >= 0.6 is 11.6 Å². The van der Waals surface area contributed by atoms with Crippen molar-refractivity contribution in [2.45, 2.75) is 25.5 Å². The SMILES string of the molecule is Cc1cc(C(=O)O)nn1CC(Cl)c1ccc(OCc2ccccc2)cc1. The van der Waals surface area contributed by atoms with E-state index in [0.717, 1.165) is 22.6 Å². The van der Waals surface area contributed by atoms with Gasteiger partial charge < -0.3 is 9.84 Å². The van der Waals surface area contributed by atoms with Gasteiger partial charge in [-0.05, 0) is 36.2 Å². The third-order valence-electron chi connectivity index (χ3n) is 4.02. The molecule has 134 valence electrons. The summed E-state index contributed by atoms with van der Waals surface area (Å²) >= 11 is 6.48. The molecule has 1 heterocycles. The predicted octanol–water partition coefficient (Wildman–Crippen LogP) is 4.45. The highest BCUT2D eigenvalue weighted by Crippen LogP contribution is 2.25. The van der Waals surface area contributed by atoms with Crippen LogP contribution in [-0.2, 0) is 13.2 Å². The van der Waals surface area contributed by atoms with Crippen LogP contribution in [-0.4, -0.2) is 20.9 Å². The first-order valence-corrected chi connectivity index (χ1v) is 8.65. The normalized spacial score (nSPS) is 11.9. The molecule has 5 nitrogen and oxygen atoms in total. The average molecular weight is 371 g/mol. The molecule has 0 aliphatic heterocycles. The zero-order valence-electron chi connectivity index (χ0n) is 14.3. The second-order valence-corrected chi connectivity index (χ2v) is 6.50. The Bertz CT molecular complexity index is 876. The van der Waals surface area contributed by atoms with Gasteiger partial charge in [-0.2, -0.15) is 5.10 Å². The van der Waals surface area contributed by atoms with Gasteiger partial charge in [0.15, 0.2) is 5.69 Å². The first-order valence-electron chi connectivity index (χ1n) is 8.21. The third-order valence-corrected chi connectivity index (χ3v) is 4.41. The van der Waals surface area contributed by atoms with Gasteiger partial charge in [0.2, 0.25) is 0 Å². The van der Waals surface area contributed by atoms with E-state index in [-0.39, 0.29) is 11.1 Å². The molecule has 2 aromatic carbocycles. The fourth-order valence-electron chi connectivity index (χ4n) is 2.57. The number of ether oxygens (including phenoxy) is 1. The number of aromatic carboxylic acids is 1. The second kappa shape index (κ2) is 8.06. The smallest absolute Gasteiger partial charge is 0.356 e. The van der Waals surface area contributed by atoms with Gasteiger partial charge in [-0.25, -0.2) is 4.79 Å². The topological polar surface area (TPSA) is 64.3 Å². The lowest BCUT2D eigenvalue weighted by atomic mass is 10.1. The van der Waals surface area contributed by atoms with Crippen LogP contribution < -0.4 is 4.74 Å². The Hall–Kier alpha value is -2.79. The number of rotatable bonds is 7. The fourth-order valence-corrected chi connectivity index (χ4v) is 2.85. The zero-order valence-corrected chi connectivity index (χ0v) is 15.1. The number of carboxylic acids is 1. The fraction of sp³-hybridized carbons (Fsp3) is 0.200. The molecule has 1 N–H and O–H groups in total. The summed E-state index contributed by atoms with van der Waals surface area (Å²) in [6, 6.07) is 19.1. The molecule has 0 saturated heterocycles. The summed E-state index contributed by atoms with van der Waals surface area (Å²) in [5.74, 6) is -0.275. The Kier molecular flexibility index (Phi) is 5.58. The van der Waals surface area contributed by atoms with Crippen LogP contribution in [0.2, 0.25) is 0 Å². The minimum absolute atomic E-state index is 0.0241. The lowest BCUT2D eigenvalue weighted by Gasteiger charge is -2.13. The maximum absolute atomic E-state index is 11.0. The van der Waals surface area contributed by atoms with E-state index in [1.165, 1.54) is 6.07 Å². The summed E-state index contributed by atoms with van der Waals surface area (Å²) in [6.45, 7) is 2.71. The molecular weight excluding hydrogens is 352 g/mol. The molecular formula is C20H19ClN2O3. The van der Waals surface area contributed by atoms with Crippen molar-refractivity contribution in [3.63, 3.8) is 0 Å². The number of hydrogen-bond donors (Lipinski definition) is 1. The second-order valence-electron chi connectivity index (χ2n) is 5.97. The Morgan fingerprint density at radius 1 is 1.19 bits per heavy atom. The van der Waals surface area contributed by atoms with Crippen molar-refractivity contribution in [2.24, 2.45) is 0 Å². The quantitative estimate of drug-likeness (QED) is 0.624. The summed E-state index contributed by atoms with van der Waals surface area (Å²) in [5, 5.41) is 12.8. The van der Waals surface area contributed by atoms with Gasteiger partial charge in [0, 0.05) is 5.69 Å². The third kappa shape index (κ3) is 4.43. The Labute approximate surface area is 156 Å². The van der Waals surface area contributed by atoms with Crippen molar-refractivity contribution in [2.75, 3.05) is 0 Å². The largest absolute Gasteiger partial charge is 0.489 e. The van der Waals surface area contributed by atoms with E-state index >= 15 is 0 Å². The van der Waals surface area contributed by atoms with Crippen LogP contribution in [0.1, 0.15) is 32.7 Å². The zero-order chi connectivity index (χ0) is 18.5. The summed E-state index contributed by atoms with van der Waals surface area (Å²) < 4.78 is 7.38. The lowest BCUT2D eigenvalue weighted by Crippen LogP contribution is -2.09. The van der Waals surface area contributed by atoms with Crippen molar-refractivity contribution in [1.29, 1.82) is 0 Å². The standard InChI is InChI=1S/C20H19ClN2O3/c1-14-11-19(20(24)25)22-23(14)12-18(21)16-7-9-17(10-8-16)26-13-15-5-3-2-4-6-15/h2-11,18H,12-13H2,1H3,(H,24,25). The van der Waals surface area contributed by atoms with E-state index in [1.807, 2.05) is 61.5 Å². The van der Waals surface area contributed by atoms with Crippen LogP contribution in [0.25, 0.3) is 0 Å². The molecule has 0 amide bonds. The van der Waals surface area contributed by atoms with Crippen molar-refractivity contribution >= 4 is 17.6 Å². The number of halogens is 1. The molecule has 1 aromatic heterocycles. The summed E-state index contributed by atoms with van der Waals surface area (Å²) in [6.07, 6.45) is 0. The molecule has 0 aliphatic rings. The first kappa shape index (κ1) is 18.0. The lowest BCUT2D eigenvalue weighted by molar-refractivity contribution is 0.0689. The van der Waals surface area contributed by atoms with E-state index in [2.05, 4.69) is 5.10 Å². The number of aryl methyl sites for hydroxylation is 1. The van der Waals surface area contributed by atoms with E-state index in [1.54, 1.807) is 4.68 Å². The van der Waals surface area contributed by atoms with Crippen molar-refractivity contribution in [1.82, 2.24) is 9.78 Å². The molecule has 26 heavy (non-hydrogen) atoms. The van der Waals surface area contributed by atoms with Crippen molar-refractivity contribution in [3.05, 3.63) is 83.2 Å². The van der Waals surface area contributed by atoms with Crippen LogP contribution in [0.15, 0.2) is 60.7 Å². The Morgan fingerprint density at radius 2 is 1.88 bits per heavy atom. The van der Waals surface area contributed by atoms with Gasteiger partial charge in [0.1, 0.15) is 12.4 Å². The number of aromatic nitrogens is 2. The maximum Gasteiger partial charge on any atom is 0.356 e. The minimum Gasteiger partial charge on any atom is -0.489 e. The maximum atomic E-state index is 11.0. The van der Waals surface area contributed by atoms with Crippen molar-refractivity contribution in [3.8, 4) is 5.75 Å². The highest BCUT2D eigenvalue weighted by molar-refractivity contribution is 6.20. The van der Waals surface area contributed by atoms with Gasteiger partial charge >= 0.3 is 5.97 Å².